The van der Waals surface area contributed by atoms with E-state index in [-0.39, 0.29) is 39.6 Å². The zero-order chi connectivity index (χ0) is 21.3. The van der Waals surface area contributed by atoms with E-state index in [2.05, 4.69) is 4.98 Å². The van der Waals surface area contributed by atoms with E-state index in [1.807, 2.05) is 0 Å². The fourth-order valence-corrected chi connectivity index (χ4v) is 2.45. The lowest BCUT2D eigenvalue weighted by Gasteiger charge is -2.24. The van der Waals surface area contributed by atoms with Gasteiger partial charge in [-0.2, -0.15) is 26.3 Å². The van der Waals surface area contributed by atoms with E-state index in [9.17, 15) is 26.3 Å². The van der Waals surface area contributed by atoms with Crippen LogP contribution in [0, 0.1) is 0 Å². The third kappa shape index (κ3) is 8.05. The van der Waals surface area contributed by atoms with Crippen LogP contribution >= 0.6 is 0 Å². The molecular formula is C17H21F6NO5. The number of ether oxygens (including phenoxy) is 5. The predicted octanol–water partition coefficient (Wildman–Crippen LogP) is 3.39. The Labute approximate surface area is 163 Å². The third-order valence-corrected chi connectivity index (χ3v) is 3.69. The lowest BCUT2D eigenvalue weighted by molar-refractivity contribution is -0.231. The summed E-state index contributed by atoms with van der Waals surface area (Å²) in [6.45, 7) is -0.517. The summed E-state index contributed by atoms with van der Waals surface area (Å²) in [5.74, 6) is 0. The predicted molar refractivity (Wildman–Crippen MR) is 86.2 cm³/mol. The Bertz CT molecular complexity index is 565. The van der Waals surface area contributed by atoms with E-state index < -0.39 is 49.2 Å². The van der Waals surface area contributed by atoms with Gasteiger partial charge in [-0.25, -0.2) is 0 Å². The van der Waals surface area contributed by atoms with Crippen LogP contribution in [0.4, 0.5) is 26.3 Å². The molecule has 1 aliphatic heterocycles. The number of hydrogen-bond acceptors (Lipinski definition) is 6. The zero-order valence-corrected chi connectivity index (χ0v) is 15.3. The van der Waals surface area contributed by atoms with Crippen LogP contribution in [0.15, 0.2) is 18.2 Å². The molecule has 29 heavy (non-hydrogen) atoms. The summed E-state index contributed by atoms with van der Waals surface area (Å²) in [5.41, 5.74) is -1.40. The molecule has 0 radical (unpaired) electrons. The minimum absolute atomic E-state index is 0.143. The number of alkyl halides is 6. The first-order valence-corrected chi connectivity index (χ1v) is 8.76. The highest BCUT2D eigenvalue weighted by Gasteiger charge is 2.45. The summed E-state index contributed by atoms with van der Waals surface area (Å²) in [7, 11) is 0. The van der Waals surface area contributed by atoms with Gasteiger partial charge in [-0.05, 0) is 12.1 Å². The van der Waals surface area contributed by atoms with Crippen LogP contribution in [-0.4, -0.2) is 70.2 Å². The van der Waals surface area contributed by atoms with Crippen LogP contribution in [-0.2, 0) is 23.7 Å². The number of pyridine rings is 1. The number of halogens is 6. The number of nitrogens with zero attached hydrogens (tertiary/aromatic N) is 1. The summed E-state index contributed by atoms with van der Waals surface area (Å²) in [6.07, 6.45) is -14.8. The van der Waals surface area contributed by atoms with Crippen LogP contribution in [0.25, 0.3) is 0 Å². The molecule has 0 N–H and O–H groups in total. The lowest BCUT2D eigenvalue weighted by Crippen LogP contribution is -2.29. The Morgan fingerprint density at radius 1 is 0.621 bits per heavy atom. The smallest absolute Gasteiger partial charge is 0.377 e. The maximum atomic E-state index is 13.4. The van der Waals surface area contributed by atoms with Crippen LogP contribution in [0.2, 0.25) is 0 Å². The standard InChI is InChI=1S/C17H21F6NO5/c18-16(19,20)14-12-2-1-3-13(24-12)15(17(21,22)23)29-11-9-27-7-5-25-4-6-26-8-10-28-14/h1-3,14-15H,4-11H2/t14-,15-/m0/s1. The molecule has 2 bridgehead atoms. The topological polar surface area (TPSA) is 59.0 Å². The highest BCUT2D eigenvalue weighted by Crippen LogP contribution is 2.38. The maximum Gasteiger partial charge on any atom is 0.420 e. The zero-order valence-electron chi connectivity index (χ0n) is 15.3. The lowest BCUT2D eigenvalue weighted by atomic mass is 10.1. The number of aromatic nitrogens is 1. The highest BCUT2D eigenvalue weighted by molar-refractivity contribution is 5.17. The second-order valence-electron chi connectivity index (χ2n) is 5.91. The third-order valence-electron chi connectivity index (χ3n) is 3.69. The summed E-state index contributed by atoms with van der Waals surface area (Å²) in [4.78, 5) is 3.54. The average Bonchev–Trinajstić information content (AvgIpc) is 2.62. The Kier molecular flexibility index (Phi) is 9.08. The van der Waals surface area contributed by atoms with Crippen LogP contribution in [0.1, 0.15) is 23.6 Å². The van der Waals surface area contributed by atoms with E-state index in [1.54, 1.807) is 0 Å². The van der Waals surface area contributed by atoms with Crippen molar-refractivity contribution < 1.29 is 50.0 Å². The van der Waals surface area contributed by atoms with Crippen molar-refractivity contribution in [2.24, 2.45) is 0 Å². The summed E-state index contributed by atoms with van der Waals surface area (Å²) in [5, 5.41) is 0. The fraction of sp³-hybridized carbons (Fsp3) is 0.706. The molecule has 12 heteroatoms. The van der Waals surface area contributed by atoms with Gasteiger partial charge in [0.1, 0.15) is 0 Å². The van der Waals surface area contributed by atoms with Gasteiger partial charge in [-0.3, -0.25) is 4.98 Å². The van der Waals surface area contributed by atoms with Crippen LogP contribution < -0.4 is 0 Å². The second kappa shape index (κ2) is 11.1. The Hall–Kier alpha value is -1.47. The van der Waals surface area contributed by atoms with E-state index in [1.165, 1.54) is 0 Å². The van der Waals surface area contributed by atoms with Gasteiger partial charge in [-0.1, -0.05) is 6.07 Å². The number of fused-ring (bicyclic) bond motifs is 2. The molecule has 0 aromatic carbocycles. The van der Waals surface area contributed by atoms with Gasteiger partial charge in [0.05, 0.1) is 64.2 Å². The SMILES string of the molecule is FC(F)(F)[C@H]1OCCOCCOCCOCCO[C@H](C(F)(F)F)c2cccc1n2. The number of hydrogen-bond donors (Lipinski definition) is 0. The van der Waals surface area contributed by atoms with Crippen molar-refractivity contribution in [2.45, 2.75) is 24.6 Å². The second-order valence-corrected chi connectivity index (χ2v) is 5.91. The molecule has 0 unspecified atom stereocenters. The van der Waals surface area contributed by atoms with Crippen molar-refractivity contribution in [2.75, 3.05) is 52.9 Å². The molecule has 2 heterocycles. The first-order valence-electron chi connectivity index (χ1n) is 8.76. The van der Waals surface area contributed by atoms with Gasteiger partial charge >= 0.3 is 12.4 Å². The molecule has 0 amide bonds. The molecule has 0 spiro atoms. The Balaban J connectivity index is 2.25. The van der Waals surface area contributed by atoms with Crippen molar-refractivity contribution in [3.05, 3.63) is 29.6 Å². The van der Waals surface area contributed by atoms with Crippen molar-refractivity contribution in [3.8, 4) is 0 Å². The van der Waals surface area contributed by atoms with Gasteiger partial charge in [0.15, 0.2) is 12.2 Å². The Morgan fingerprint density at radius 2 is 0.966 bits per heavy atom. The largest absolute Gasteiger partial charge is 0.420 e. The van der Waals surface area contributed by atoms with Gasteiger partial charge in [0.25, 0.3) is 0 Å². The van der Waals surface area contributed by atoms with Gasteiger partial charge in [0.2, 0.25) is 0 Å². The van der Waals surface area contributed by atoms with Crippen molar-refractivity contribution in [3.63, 3.8) is 0 Å². The normalized spacial score (nSPS) is 24.5. The van der Waals surface area contributed by atoms with Gasteiger partial charge < -0.3 is 23.7 Å². The molecule has 0 fully saturated rings. The maximum absolute atomic E-state index is 13.4. The molecule has 0 aliphatic carbocycles. The molecule has 1 aromatic rings. The van der Waals surface area contributed by atoms with E-state index in [0.29, 0.717) is 0 Å². The highest BCUT2D eigenvalue weighted by atomic mass is 19.4. The van der Waals surface area contributed by atoms with Crippen LogP contribution in [0.3, 0.4) is 0 Å². The molecule has 1 aromatic heterocycles. The first kappa shape index (κ1) is 23.8. The number of rotatable bonds is 0. The van der Waals surface area contributed by atoms with E-state index in [4.69, 9.17) is 23.7 Å². The quantitative estimate of drug-likeness (QED) is 0.585. The minimum Gasteiger partial charge on any atom is -0.377 e. The average molecular weight is 433 g/mol. The molecule has 2 atom stereocenters. The molecule has 6 nitrogen and oxygen atoms in total. The summed E-state index contributed by atoms with van der Waals surface area (Å²) in [6, 6.07) is 2.95. The van der Waals surface area contributed by atoms with E-state index in [0.717, 1.165) is 18.2 Å². The van der Waals surface area contributed by atoms with E-state index >= 15 is 0 Å². The molecule has 166 valence electrons. The summed E-state index contributed by atoms with van der Waals surface area (Å²) < 4.78 is 105. The van der Waals surface area contributed by atoms with Crippen molar-refractivity contribution in [1.29, 1.82) is 0 Å². The molecule has 0 saturated carbocycles. The van der Waals surface area contributed by atoms with Gasteiger partial charge in [-0.15, -0.1) is 0 Å². The van der Waals surface area contributed by atoms with Gasteiger partial charge in [0, 0.05) is 0 Å². The fourth-order valence-electron chi connectivity index (χ4n) is 2.45. The molecule has 2 rings (SSSR count). The molecule has 0 saturated heterocycles. The monoisotopic (exact) mass is 433 g/mol. The molecule has 1 aliphatic rings. The van der Waals surface area contributed by atoms with Crippen LogP contribution in [0.5, 0.6) is 0 Å². The summed E-state index contributed by atoms with van der Waals surface area (Å²) >= 11 is 0. The van der Waals surface area contributed by atoms with Crippen molar-refractivity contribution in [1.82, 2.24) is 4.98 Å². The van der Waals surface area contributed by atoms with Crippen molar-refractivity contribution >= 4 is 0 Å². The Morgan fingerprint density at radius 3 is 1.31 bits per heavy atom. The first-order chi connectivity index (χ1) is 13.7. The minimum atomic E-state index is -4.88. The molecular weight excluding hydrogens is 412 g/mol.